The topological polar surface area (TPSA) is 139 Å². The first kappa shape index (κ1) is 29.9. The van der Waals surface area contributed by atoms with Gasteiger partial charge in [0, 0.05) is 75.4 Å². The number of benzene rings is 1. The number of aromatic nitrogens is 6. The maximum atomic E-state index is 14.1. The summed E-state index contributed by atoms with van der Waals surface area (Å²) in [5.74, 6) is -0.607. The Balaban J connectivity index is 1.04. The third-order valence-electron chi connectivity index (χ3n) is 9.30. The molecule has 12 nitrogen and oxygen atoms in total. The zero-order chi connectivity index (χ0) is 31.8. The van der Waals surface area contributed by atoms with E-state index in [1.165, 1.54) is 28.6 Å². The van der Waals surface area contributed by atoms with Crippen molar-refractivity contribution < 1.29 is 14.7 Å². The Morgan fingerprint density at radius 3 is 2.52 bits per heavy atom. The lowest BCUT2D eigenvalue weighted by molar-refractivity contribution is -0.142. The van der Waals surface area contributed by atoms with Crippen LogP contribution in [0.15, 0.2) is 78.6 Å². The molecular weight excluding hydrogens is 604 g/mol. The van der Waals surface area contributed by atoms with Gasteiger partial charge in [-0.2, -0.15) is 0 Å². The first-order valence-electron chi connectivity index (χ1n) is 15.4. The van der Waals surface area contributed by atoms with E-state index in [2.05, 4.69) is 19.9 Å². The van der Waals surface area contributed by atoms with E-state index in [0.29, 0.717) is 61.5 Å². The van der Waals surface area contributed by atoms with Crippen LogP contribution in [0.2, 0.25) is 0 Å². The second kappa shape index (κ2) is 12.2. The highest BCUT2D eigenvalue weighted by Crippen LogP contribution is 2.36. The second-order valence-corrected chi connectivity index (χ2v) is 13.2. The van der Waals surface area contributed by atoms with Crippen LogP contribution in [0.4, 0.5) is 0 Å². The number of nitrogens with zero attached hydrogens (tertiary/aromatic N) is 8. The first-order chi connectivity index (χ1) is 22.3. The minimum atomic E-state index is -1.13. The summed E-state index contributed by atoms with van der Waals surface area (Å²) in [5.41, 5.74) is 1.11. The van der Waals surface area contributed by atoms with Crippen molar-refractivity contribution in [2.45, 2.75) is 37.3 Å². The van der Waals surface area contributed by atoms with Crippen molar-refractivity contribution in [1.29, 1.82) is 0 Å². The second-order valence-electron chi connectivity index (χ2n) is 12.2. The molecule has 46 heavy (non-hydrogen) atoms. The summed E-state index contributed by atoms with van der Waals surface area (Å²) in [5, 5.41) is 12.4. The number of rotatable bonds is 6. The number of hydrogen-bond donors (Lipinski definition) is 1. The van der Waals surface area contributed by atoms with Crippen LogP contribution in [0.1, 0.15) is 40.5 Å². The fourth-order valence-corrected chi connectivity index (χ4v) is 7.54. The molecular formula is C33H34N8O4S. The molecule has 0 radical (unpaired) electrons. The van der Waals surface area contributed by atoms with Gasteiger partial charge in [0.15, 0.2) is 5.01 Å². The average molecular weight is 639 g/mol. The summed E-state index contributed by atoms with van der Waals surface area (Å²) < 4.78 is 3.26. The van der Waals surface area contributed by atoms with Crippen LogP contribution in [0.5, 0.6) is 0 Å². The van der Waals surface area contributed by atoms with Gasteiger partial charge in [-0.1, -0.05) is 30.3 Å². The van der Waals surface area contributed by atoms with Crippen LogP contribution >= 0.6 is 11.3 Å². The third-order valence-corrected chi connectivity index (χ3v) is 10.3. The number of likely N-dealkylation sites (tertiary alicyclic amines) is 2. The maximum Gasteiger partial charge on any atom is 0.282 e. The van der Waals surface area contributed by atoms with Gasteiger partial charge in [0.05, 0.1) is 22.4 Å². The van der Waals surface area contributed by atoms with Gasteiger partial charge >= 0.3 is 0 Å². The Kier molecular flexibility index (Phi) is 7.95. The number of carbonyl (C=O) groups is 2. The highest BCUT2D eigenvalue weighted by atomic mass is 32.1. The van der Waals surface area contributed by atoms with Crippen LogP contribution < -0.4 is 5.56 Å². The van der Waals surface area contributed by atoms with Crippen LogP contribution in [0.3, 0.4) is 0 Å². The molecule has 4 aromatic heterocycles. The van der Waals surface area contributed by atoms with Gasteiger partial charge < -0.3 is 19.5 Å². The minimum Gasteiger partial charge on any atom is -0.388 e. The van der Waals surface area contributed by atoms with Crippen molar-refractivity contribution in [3.63, 3.8) is 0 Å². The highest BCUT2D eigenvalue weighted by Gasteiger charge is 2.42. The quantitative estimate of drug-likeness (QED) is 0.300. The SMILES string of the molecule is Cn1ccc2c(=O)n(CC3(O)CCN(C(=O)[C@@H]4CCN(C(=O)c5ncc(-c6cncnc6)s5)C[C@H]4c4ccccc4)CC3)cnc21. The molecule has 1 N–H and O–H groups in total. The summed E-state index contributed by atoms with van der Waals surface area (Å²) in [6.07, 6.45) is 11.0. The molecule has 6 heterocycles. The minimum absolute atomic E-state index is 0.0353. The number of amides is 2. The molecule has 2 fully saturated rings. The summed E-state index contributed by atoms with van der Waals surface area (Å²) in [4.78, 5) is 62.1. The normalized spacial score (nSPS) is 19.8. The van der Waals surface area contributed by atoms with Gasteiger partial charge in [0.1, 0.15) is 18.3 Å². The van der Waals surface area contributed by atoms with Gasteiger partial charge in [-0.15, -0.1) is 11.3 Å². The monoisotopic (exact) mass is 638 g/mol. The van der Waals surface area contributed by atoms with E-state index in [9.17, 15) is 19.5 Å². The Morgan fingerprint density at radius 1 is 1.00 bits per heavy atom. The van der Waals surface area contributed by atoms with Gasteiger partial charge in [-0.05, 0) is 30.9 Å². The molecule has 2 atom stereocenters. The Bertz CT molecular complexity index is 1930. The standard InChI is InChI=1S/C33H34N8O4S/c1-38-11-7-25-28(38)37-21-41(31(25)43)19-33(45)9-13-39(14-10-33)30(42)24-8-12-40(18-26(24)22-5-3-2-4-6-22)32(44)29-36-17-27(46-29)23-15-34-20-35-16-23/h2-7,11,15-17,20-21,24,26,45H,8-10,12-14,18-19H2,1H3/t24-,26+/m1/s1. The van der Waals surface area contributed by atoms with Gasteiger partial charge in [-0.25, -0.2) is 19.9 Å². The number of aryl methyl sites for hydroxylation is 1. The lowest BCUT2D eigenvalue weighted by Gasteiger charge is -2.43. The molecule has 0 aliphatic carbocycles. The summed E-state index contributed by atoms with van der Waals surface area (Å²) >= 11 is 1.31. The van der Waals surface area contributed by atoms with Crippen LogP contribution in [-0.2, 0) is 18.4 Å². The number of hydrogen-bond acceptors (Lipinski definition) is 9. The molecule has 1 aromatic carbocycles. The lowest BCUT2D eigenvalue weighted by atomic mass is 9.79. The molecule has 236 valence electrons. The molecule has 0 unspecified atom stereocenters. The molecule has 2 amide bonds. The van der Waals surface area contributed by atoms with E-state index in [1.54, 1.807) is 40.3 Å². The number of thiazole rings is 1. The molecule has 0 spiro atoms. The maximum absolute atomic E-state index is 14.1. The van der Waals surface area contributed by atoms with E-state index in [-0.39, 0.29) is 35.8 Å². The summed E-state index contributed by atoms with van der Waals surface area (Å²) in [7, 11) is 1.84. The zero-order valence-corrected chi connectivity index (χ0v) is 26.2. The Labute approximate surface area is 269 Å². The molecule has 2 saturated heterocycles. The average Bonchev–Trinajstić information content (AvgIpc) is 3.74. The van der Waals surface area contributed by atoms with E-state index >= 15 is 0 Å². The highest BCUT2D eigenvalue weighted by molar-refractivity contribution is 7.16. The zero-order valence-electron chi connectivity index (χ0n) is 25.4. The van der Waals surface area contributed by atoms with E-state index in [0.717, 1.165) is 16.0 Å². The Morgan fingerprint density at radius 2 is 1.76 bits per heavy atom. The largest absolute Gasteiger partial charge is 0.388 e. The lowest BCUT2D eigenvalue weighted by Crippen LogP contribution is -2.53. The van der Waals surface area contributed by atoms with Crippen LogP contribution in [0.25, 0.3) is 21.5 Å². The van der Waals surface area contributed by atoms with E-state index in [4.69, 9.17) is 0 Å². The number of aliphatic hydroxyl groups is 1. The van der Waals surface area contributed by atoms with E-state index < -0.39 is 5.60 Å². The number of carbonyl (C=O) groups excluding carboxylic acids is 2. The number of piperidine rings is 2. The molecule has 0 saturated carbocycles. The predicted octanol–water partition coefficient (Wildman–Crippen LogP) is 2.95. The smallest absolute Gasteiger partial charge is 0.282 e. The fraction of sp³-hybridized carbons (Fsp3) is 0.364. The van der Waals surface area contributed by atoms with Crippen molar-refractivity contribution >= 4 is 34.2 Å². The predicted molar refractivity (Wildman–Crippen MR) is 172 cm³/mol. The van der Waals surface area contributed by atoms with E-state index in [1.807, 2.05) is 42.3 Å². The van der Waals surface area contributed by atoms with Gasteiger partial charge in [0.25, 0.3) is 11.5 Å². The fourth-order valence-electron chi connectivity index (χ4n) is 6.68. The van der Waals surface area contributed by atoms with Crippen molar-refractivity contribution in [2.75, 3.05) is 26.2 Å². The van der Waals surface area contributed by atoms with Crippen molar-refractivity contribution in [3.8, 4) is 10.4 Å². The third kappa shape index (κ3) is 5.71. The van der Waals surface area contributed by atoms with Crippen LogP contribution in [-0.4, -0.2) is 87.6 Å². The van der Waals surface area contributed by atoms with Crippen molar-refractivity contribution in [3.05, 3.63) is 94.8 Å². The van der Waals surface area contributed by atoms with Gasteiger partial charge in [-0.3, -0.25) is 19.0 Å². The summed E-state index contributed by atoms with van der Waals surface area (Å²) in [6, 6.07) is 11.6. The molecule has 0 bridgehead atoms. The van der Waals surface area contributed by atoms with Crippen molar-refractivity contribution in [2.24, 2.45) is 13.0 Å². The molecule has 5 aromatic rings. The molecule has 2 aliphatic heterocycles. The molecule has 2 aliphatic rings. The van der Waals surface area contributed by atoms with Crippen LogP contribution in [0, 0.1) is 5.92 Å². The van der Waals surface area contributed by atoms with Crippen molar-refractivity contribution in [1.82, 2.24) is 38.9 Å². The van der Waals surface area contributed by atoms with Gasteiger partial charge in [0.2, 0.25) is 5.91 Å². The molecule has 7 rings (SSSR count). The first-order valence-corrected chi connectivity index (χ1v) is 16.2. The Hall–Kier alpha value is -4.75. The molecule has 13 heteroatoms. The number of fused-ring (bicyclic) bond motifs is 1. The summed E-state index contributed by atoms with van der Waals surface area (Å²) in [6.45, 7) is 1.73.